The van der Waals surface area contributed by atoms with Crippen molar-refractivity contribution in [3.8, 4) is 0 Å². The summed E-state index contributed by atoms with van der Waals surface area (Å²) in [5.74, 6) is 1.91. The molecular weight excluding hydrogens is 246 g/mol. The minimum atomic E-state index is 0.644. The third-order valence-corrected chi connectivity index (χ3v) is 4.50. The molecule has 1 aromatic rings. The largest absolute Gasteiger partial charge is 0.356 e. The Balaban J connectivity index is 2.15. The van der Waals surface area contributed by atoms with Crippen LogP contribution < -0.4 is 10.2 Å². The van der Waals surface area contributed by atoms with Gasteiger partial charge in [0.25, 0.3) is 0 Å². The lowest BCUT2D eigenvalue weighted by Gasteiger charge is -2.37. The predicted octanol–water partition coefficient (Wildman–Crippen LogP) is 3.51. The van der Waals surface area contributed by atoms with E-state index in [-0.39, 0.29) is 0 Å². The number of aromatic nitrogens is 1. The van der Waals surface area contributed by atoms with Crippen molar-refractivity contribution >= 4 is 5.82 Å². The molecule has 2 rings (SSSR count). The van der Waals surface area contributed by atoms with E-state index >= 15 is 0 Å². The molecule has 1 heterocycles. The lowest BCUT2D eigenvalue weighted by atomic mass is 9.85. The molecule has 1 fully saturated rings. The highest BCUT2D eigenvalue weighted by Gasteiger charge is 2.25. The van der Waals surface area contributed by atoms with Crippen molar-refractivity contribution in [2.24, 2.45) is 5.92 Å². The van der Waals surface area contributed by atoms with Gasteiger partial charge in [0.05, 0.1) is 0 Å². The van der Waals surface area contributed by atoms with E-state index in [0.29, 0.717) is 6.04 Å². The summed E-state index contributed by atoms with van der Waals surface area (Å²) in [6.07, 6.45) is 5.40. The van der Waals surface area contributed by atoms with E-state index in [0.717, 1.165) is 30.5 Å². The van der Waals surface area contributed by atoms with Crippen molar-refractivity contribution in [2.45, 2.75) is 59.0 Å². The second-order valence-electron chi connectivity index (χ2n) is 6.20. The van der Waals surface area contributed by atoms with Crippen LogP contribution in [-0.2, 0) is 6.54 Å². The first-order chi connectivity index (χ1) is 9.61. The molecule has 0 spiro atoms. The first-order valence-corrected chi connectivity index (χ1v) is 8.03. The number of nitrogens with one attached hydrogen (secondary N) is 1. The van der Waals surface area contributed by atoms with Gasteiger partial charge in [-0.1, -0.05) is 26.7 Å². The highest BCUT2D eigenvalue weighted by Crippen LogP contribution is 2.30. The molecule has 112 valence electrons. The fourth-order valence-corrected chi connectivity index (χ4v) is 3.32. The zero-order valence-corrected chi connectivity index (χ0v) is 13.4. The summed E-state index contributed by atoms with van der Waals surface area (Å²) >= 11 is 0. The summed E-state index contributed by atoms with van der Waals surface area (Å²) in [6, 6.07) is 5.08. The summed E-state index contributed by atoms with van der Waals surface area (Å²) in [5, 5.41) is 3.40. The maximum absolute atomic E-state index is 4.75. The van der Waals surface area contributed by atoms with Gasteiger partial charge in [0, 0.05) is 25.3 Å². The number of anilines is 1. The zero-order valence-electron chi connectivity index (χ0n) is 13.4. The Hall–Kier alpha value is -1.09. The SMILES string of the molecule is CCNCc1cc(C)nc(N(C)C2CCCCC2C)c1. The van der Waals surface area contributed by atoms with Crippen LogP contribution in [0, 0.1) is 12.8 Å². The van der Waals surface area contributed by atoms with Gasteiger partial charge >= 0.3 is 0 Å². The monoisotopic (exact) mass is 275 g/mol. The number of pyridine rings is 1. The maximum atomic E-state index is 4.75. The van der Waals surface area contributed by atoms with Crippen molar-refractivity contribution in [3.63, 3.8) is 0 Å². The minimum Gasteiger partial charge on any atom is -0.356 e. The van der Waals surface area contributed by atoms with Crippen LogP contribution in [0.25, 0.3) is 0 Å². The van der Waals surface area contributed by atoms with Gasteiger partial charge in [0.2, 0.25) is 0 Å². The fraction of sp³-hybridized carbons (Fsp3) is 0.706. The maximum Gasteiger partial charge on any atom is 0.129 e. The highest BCUT2D eigenvalue weighted by molar-refractivity contribution is 5.43. The highest BCUT2D eigenvalue weighted by atomic mass is 15.2. The van der Waals surface area contributed by atoms with Crippen LogP contribution in [0.3, 0.4) is 0 Å². The number of hydrogen-bond donors (Lipinski definition) is 1. The Labute approximate surface area is 123 Å². The number of nitrogens with zero attached hydrogens (tertiary/aromatic N) is 2. The molecule has 0 aliphatic heterocycles. The van der Waals surface area contributed by atoms with E-state index in [9.17, 15) is 0 Å². The molecule has 20 heavy (non-hydrogen) atoms. The first kappa shape index (κ1) is 15.3. The molecule has 1 aliphatic rings. The van der Waals surface area contributed by atoms with Crippen LogP contribution in [0.1, 0.15) is 50.8 Å². The topological polar surface area (TPSA) is 28.2 Å². The van der Waals surface area contributed by atoms with Crippen LogP contribution >= 0.6 is 0 Å². The van der Waals surface area contributed by atoms with Crippen molar-refractivity contribution < 1.29 is 0 Å². The average molecular weight is 275 g/mol. The molecule has 0 saturated heterocycles. The van der Waals surface area contributed by atoms with E-state index in [2.05, 4.69) is 50.2 Å². The predicted molar refractivity (Wildman–Crippen MR) is 86.2 cm³/mol. The number of hydrogen-bond acceptors (Lipinski definition) is 3. The lowest BCUT2D eigenvalue weighted by molar-refractivity contribution is 0.320. The van der Waals surface area contributed by atoms with E-state index in [1.54, 1.807) is 0 Å². The van der Waals surface area contributed by atoms with Gasteiger partial charge in [0.15, 0.2) is 0 Å². The van der Waals surface area contributed by atoms with E-state index in [1.165, 1.54) is 31.2 Å². The molecule has 0 aromatic carbocycles. The lowest BCUT2D eigenvalue weighted by Crippen LogP contribution is -2.39. The van der Waals surface area contributed by atoms with Crippen LogP contribution in [0.5, 0.6) is 0 Å². The average Bonchev–Trinajstić information content (AvgIpc) is 2.44. The van der Waals surface area contributed by atoms with E-state index < -0.39 is 0 Å². The molecule has 2 unspecified atom stereocenters. The zero-order chi connectivity index (χ0) is 14.5. The quantitative estimate of drug-likeness (QED) is 0.891. The van der Waals surface area contributed by atoms with Crippen LogP contribution in [0.4, 0.5) is 5.82 Å². The van der Waals surface area contributed by atoms with Gasteiger partial charge in [0.1, 0.15) is 5.82 Å². The Morgan fingerprint density at radius 2 is 2.05 bits per heavy atom. The molecule has 0 radical (unpaired) electrons. The van der Waals surface area contributed by atoms with Crippen molar-refractivity contribution in [1.29, 1.82) is 0 Å². The molecule has 0 amide bonds. The summed E-state index contributed by atoms with van der Waals surface area (Å²) in [7, 11) is 2.21. The molecule has 3 heteroatoms. The van der Waals surface area contributed by atoms with E-state index in [4.69, 9.17) is 4.98 Å². The molecule has 3 nitrogen and oxygen atoms in total. The summed E-state index contributed by atoms with van der Waals surface area (Å²) in [5.41, 5.74) is 2.45. The molecule has 1 aromatic heterocycles. The summed E-state index contributed by atoms with van der Waals surface area (Å²) in [4.78, 5) is 7.16. The normalized spacial score (nSPS) is 22.8. The van der Waals surface area contributed by atoms with Gasteiger partial charge in [-0.2, -0.15) is 0 Å². The van der Waals surface area contributed by atoms with Crippen LogP contribution in [0.2, 0.25) is 0 Å². The van der Waals surface area contributed by atoms with Crippen LogP contribution in [0.15, 0.2) is 12.1 Å². The van der Waals surface area contributed by atoms with Crippen molar-refractivity contribution in [3.05, 3.63) is 23.4 Å². The van der Waals surface area contributed by atoms with E-state index in [1.807, 2.05) is 0 Å². The smallest absolute Gasteiger partial charge is 0.129 e. The Morgan fingerprint density at radius 1 is 1.30 bits per heavy atom. The fourth-order valence-electron chi connectivity index (χ4n) is 3.32. The first-order valence-electron chi connectivity index (χ1n) is 8.03. The molecule has 1 saturated carbocycles. The molecule has 1 aliphatic carbocycles. The third-order valence-electron chi connectivity index (χ3n) is 4.50. The third kappa shape index (κ3) is 3.72. The Bertz CT molecular complexity index is 430. The summed E-state index contributed by atoms with van der Waals surface area (Å²) in [6.45, 7) is 8.56. The Kier molecular flexibility index (Phi) is 5.41. The van der Waals surface area contributed by atoms with Crippen molar-refractivity contribution in [1.82, 2.24) is 10.3 Å². The number of rotatable bonds is 5. The van der Waals surface area contributed by atoms with Crippen molar-refractivity contribution in [2.75, 3.05) is 18.5 Å². The molecule has 2 atom stereocenters. The second kappa shape index (κ2) is 7.07. The van der Waals surface area contributed by atoms with Gasteiger partial charge < -0.3 is 10.2 Å². The van der Waals surface area contributed by atoms with Gasteiger partial charge in [-0.3, -0.25) is 0 Å². The number of aryl methyl sites for hydroxylation is 1. The summed E-state index contributed by atoms with van der Waals surface area (Å²) < 4.78 is 0. The standard InChI is InChI=1S/C17H29N3/c1-5-18-12-15-10-14(3)19-17(11-15)20(4)16-9-7-6-8-13(16)2/h10-11,13,16,18H,5-9,12H2,1-4H3. The Morgan fingerprint density at radius 3 is 2.75 bits per heavy atom. The molecular formula is C17H29N3. The molecule has 1 N–H and O–H groups in total. The van der Waals surface area contributed by atoms with Gasteiger partial charge in [-0.15, -0.1) is 0 Å². The van der Waals surface area contributed by atoms with Gasteiger partial charge in [-0.25, -0.2) is 4.98 Å². The molecule has 0 bridgehead atoms. The minimum absolute atomic E-state index is 0.644. The van der Waals surface area contributed by atoms with Gasteiger partial charge in [-0.05, 0) is 49.9 Å². The second-order valence-corrected chi connectivity index (χ2v) is 6.20. The van der Waals surface area contributed by atoms with Crippen LogP contribution in [-0.4, -0.2) is 24.6 Å².